The van der Waals surface area contributed by atoms with Crippen molar-refractivity contribution in [2.45, 2.75) is 30.7 Å². The fourth-order valence-electron chi connectivity index (χ4n) is 5.09. The van der Waals surface area contributed by atoms with Crippen molar-refractivity contribution in [3.8, 4) is 11.1 Å². The van der Waals surface area contributed by atoms with E-state index in [1.54, 1.807) is 0 Å². The predicted octanol–water partition coefficient (Wildman–Crippen LogP) is 3.39. The van der Waals surface area contributed by atoms with E-state index in [-0.39, 0.29) is 25.1 Å². The molecule has 2 fully saturated rings. The second-order valence-electron chi connectivity index (χ2n) is 9.18. The molecule has 0 aromatic heterocycles. The molecule has 2 saturated carbocycles. The average Bonchev–Trinajstić information content (AvgIpc) is 3.20. The van der Waals surface area contributed by atoms with Crippen molar-refractivity contribution in [3.63, 3.8) is 0 Å². The highest BCUT2D eigenvalue weighted by molar-refractivity contribution is 5.81. The molecule has 2 aromatic carbocycles. The van der Waals surface area contributed by atoms with E-state index in [9.17, 15) is 23.2 Å². The first-order valence-corrected chi connectivity index (χ1v) is 11.3. The summed E-state index contributed by atoms with van der Waals surface area (Å²) in [6.07, 6.45) is 0.187. The number of carboxylic acid groups (broad SMARTS) is 1. The number of halogens is 2. The van der Waals surface area contributed by atoms with Crippen molar-refractivity contribution in [2.75, 3.05) is 13.2 Å². The number of ether oxygens (including phenoxy) is 1. The summed E-state index contributed by atoms with van der Waals surface area (Å²) in [5.74, 6) is -8.81. The van der Waals surface area contributed by atoms with Crippen molar-refractivity contribution in [3.05, 3.63) is 59.7 Å². The van der Waals surface area contributed by atoms with E-state index in [1.807, 2.05) is 36.4 Å². The van der Waals surface area contributed by atoms with Gasteiger partial charge in [0.05, 0.1) is 5.92 Å². The molecular weight excluding hydrogens is 446 g/mol. The zero-order valence-corrected chi connectivity index (χ0v) is 18.2. The third-order valence-electron chi connectivity index (χ3n) is 7.14. The van der Waals surface area contributed by atoms with Crippen LogP contribution in [0.3, 0.4) is 0 Å². The Morgan fingerprint density at radius 2 is 1.59 bits per heavy atom. The summed E-state index contributed by atoms with van der Waals surface area (Å²) >= 11 is 0. The second kappa shape index (κ2) is 8.38. The quantitative estimate of drug-likeness (QED) is 0.576. The molecule has 0 bridgehead atoms. The van der Waals surface area contributed by atoms with Gasteiger partial charge in [0.1, 0.15) is 12.5 Å². The maximum atomic E-state index is 13.4. The van der Waals surface area contributed by atoms with Crippen molar-refractivity contribution < 1.29 is 33.0 Å². The smallest absolute Gasteiger partial charge is 0.407 e. The van der Waals surface area contributed by atoms with Crippen molar-refractivity contribution in [1.29, 1.82) is 0 Å². The van der Waals surface area contributed by atoms with Gasteiger partial charge in [-0.25, -0.2) is 13.6 Å². The number of carbonyl (C=O) groups excluding carboxylic acids is 2. The molecule has 0 unspecified atom stereocenters. The molecule has 3 aliphatic carbocycles. The van der Waals surface area contributed by atoms with Crippen molar-refractivity contribution in [1.82, 2.24) is 10.6 Å². The number of carboxylic acids is 1. The molecule has 5 rings (SSSR count). The highest BCUT2D eigenvalue weighted by atomic mass is 19.3. The van der Waals surface area contributed by atoms with Crippen LogP contribution in [0.2, 0.25) is 0 Å². The van der Waals surface area contributed by atoms with Gasteiger partial charge in [0.25, 0.3) is 5.92 Å². The van der Waals surface area contributed by atoms with Gasteiger partial charge in [-0.2, -0.15) is 0 Å². The number of rotatable bonds is 7. The van der Waals surface area contributed by atoms with Gasteiger partial charge < -0.3 is 20.5 Å². The van der Waals surface area contributed by atoms with Gasteiger partial charge in [0, 0.05) is 24.4 Å². The molecule has 0 spiro atoms. The molecular formula is C25H24F2N2O5. The number of hydrogen-bond acceptors (Lipinski definition) is 4. The predicted molar refractivity (Wildman–Crippen MR) is 117 cm³/mol. The molecule has 2 atom stereocenters. The molecule has 2 aromatic rings. The molecule has 0 heterocycles. The van der Waals surface area contributed by atoms with E-state index < -0.39 is 41.6 Å². The number of alkyl halides is 2. The Morgan fingerprint density at radius 3 is 2.15 bits per heavy atom. The van der Waals surface area contributed by atoms with Crippen LogP contribution in [0.5, 0.6) is 0 Å². The molecule has 0 aliphatic heterocycles. The van der Waals surface area contributed by atoms with Crippen LogP contribution in [-0.4, -0.2) is 48.2 Å². The molecule has 2 amide bonds. The van der Waals surface area contributed by atoms with Crippen LogP contribution in [0.15, 0.2) is 48.5 Å². The Labute approximate surface area is 194 Å². The fraction of sp³-hybridized carbons (Fsp3) is 0.400. The minimum Gasteiger partial charge on any atom is -0.481 e. The lowest BCUT2D eigenvalue weighted by molar-refractivity contribution is -0.141. The Hall–Kier alpha value is -3.49. The molecule has 34 heavy (non-hydrogen) atoms. The van der Waals surface area contributed by atoms with Gasteiger partial charge in [-0.1, -0.05) is 48.5 Å². The van der Waals surface area contributed by atoms with Crippen LogP contribution >= 0.6 is 0 Å². The summed E-state index contributed by atoms with van der Waals surface area (Å²) in [6.45, 7) is -0.180. The van der Waals surface area contributed by atoms with Gasteiger partial charge in [0.2, 0.25) is 5.91 Å². The number of hydrogen-bond donors (Lipinski definition) is 3. The first-order chi connectivity index (χ1) is 16.3. The average molecular weight is 470 g/mol. The van der Waals surface area contributed by atoms with Crippen molar-refractivity contribution >= 4 is 18.0 Å². The summed E-state index contributed by atoms with van der Waals surface area (Å²) in [7, 11) is 0. The van der Waals surface area contributed by atoms with E-state index in [0.29, 0.717) is 12.8 Å². The number of nitrogens with one attached hydrogen (secondary N) is 2. The standard InChI is InChI=1S/C25H24F2N2O5/c26-25(27)20(21(25)23(31)32)11-28-22(30)13-9-14(10-13)29-24(33)34-12-19-17-7-3-1-5-15(17)16-6-2-4-8-18(16)19/h1-8,13-14,19-21H,9-12H2,(H,28,30)(H,29,33)(H,31,32)/t13?,14?,20-,21-/m0/s1. The van der Waals surface area contributed by atoms with Gasteiger partial charge in [-0.15, -0.1) is 0 Å². The normalized spacial score (nSPS) is 25.9. The SMILES string of the molecule is O=C(NC1CC(C(=O)NC[C@H]2[C@@H](C(=O)O)C2(F)F)C1)OCC1c2ccccc2-c2ccccc21. The number of benzene rings is 2. The minimum atomic E-state index is -3.28. The van der Waals surface area contributed by atoms with Gasteiger partial charge >= 0.3 is 12.1 Å². The lowest BCUT2D eigenvalue weighted by Crippen LogP contribution is -2.50. The van der Waals surface area contributed by atoms with E-state index in [2.05, 4.69) is 22.8 Å². The Morgan fingerprint density at radius 1 is 1.00 bits per heavy atom. The number of fused-ring (bicyclic) bond motifs is 3. The van der Waals surface area contributed by atoms with E-state index in [1.165, 1.54) is 0 Å². The van der Waals surface area contributed by atoms with Gasteiger partial charge in [0.15, 0.2) is 0 Å². The zero-order chi connectivity index (χ0) is 24.0. The minimum absolute atomic E-state index is 0.0479. The van der Waals surface area contributed by atoms with E-state index in [4.69, 9.17) is 9.84 Å². The molecule has 3 aliphatic rings. The molecule has 7 nitrogen and oxygen atoms in total. The molecule has 0 saturated heterocycles. The van der Waals surface area contributed by atoms with E-state index >= 15 is 0 Å². The summed E-state index contributed by atoms with van der Waals surface area (Å²) in [6, 6.07) is 15.8. The molecule has 0 radical (unpaired) electrons. The summed E-state index contributed by atoms with van der Waals surface area (Å²) in [4.78, 5) is 35.3. The van der Waals surface area contributed by atoms with Crippen LogP contribution in [0.1, 0.15) is 29.9 Å². The highest BCUT2D eigenvalue weighted by Crippen LogP contribution is 2.55. The second-order valence-corrected chi connectivity index (χ2v) is 9.18. The van der Waals surface area contributed by atoms with Crippen LogP contribution in [0, 0.1) is 17.8 Å². The number of amides is 2. The molecule has 3 N–H and O–H groups in total. The monoisotopic (exact) mass is 470 g/mol. The van der Waals surface area contributed by atoms with Crippen LogP contribution in [0.4, 0.5) is 13.6 Å². The van der Waals surface area contributed by atoms with Gasteiger partial charge in [-0.3, -0.25) is 9.59 Å². The van der Waals surface area contributed by atoms with Crippen LogP contribution in [-0.2, 0) is 14.3 Å². The van der Waals surface area contributed by atoms with Crippen LogP contribution < -0.4 is 10.6 Å². The largest absolute Gasteiger partial charge is 0.481 e. The third kappa shape index (κ3) is 3.89. The summed E-state index contributed by atoms with van der Waals surface area (Å²) in [5.41, 5.74) is 4.50. The first-order valence-electron chi connectivity index (χ1n) is 11.3. The Kier molecular flexibility index (Phi) is 5.50. The molecule has 178 valence electrons. The number of alkyl carbamates (subject to hydrolysis) is 1. The Bertz CT molecular complexity index is 1100. The lowest BCUT2D eigenvalue weighted by Gasteiger charge is -2.34. The van der Waals surface area contributed by atoms with Crippen LogP contribution in [0.25, 0.3) is 11.1 Å². The van der Waals surface area contributed by atoms with Crippen molar-refractivity contribution in [2.24, 2.45) is 17.8 Å². The third-order valence-corrected chi connectivity index (χ3v) is 7.14. The van der Waals surface area contributed by atoms with Gasteiger partial charge in [-0.05, 0) is 35.1 Å². The summed E-state index contributed by atoms with van der Waals surface area (Å²) in [5, 5.41) is 13.9. The summed E-state index contributed by atoms with van der Waals surface area (Å²) < 4.78 is 32.3. The zero-order valence-electron chi connectivity index (χ0n) is 18.2. The molecule has 9 heteroatoms. The Balaban J connectivity index is 1.06. The lowest BCUT2D eigenvalue weighted by atomic mass is 9.79. The first kappa shape index (κ1) is 22.3. The highest BCUT2D eigenvalue weighted by Gasteiger charge is 2.72. The fourth-order valence-corrected chi connectivity index (χ4v) is 5.09. The maximum Gasteiger partial charge on any atom is 0.407 e. The number of carbonyl (C=O) groups is 3. The number of aliphatic carboxylic acids is 1. The van der Waals surface area contributed by atoms with E-state index in [0.717, 1.165) is 22.3 Å². The maximum absolute atomic E-state index is 13.4. The topological polar surface area (TPSA) is 105 Å².